The average molecular weight is 320 g/mol. The van der Waals surface area contributed by atoms with E-state index in [1.54, 1.807) is 11.3 Å². The van der Waals surface area contributed by atoms with Crippen LogP contribution >= 0.6 is 22.9 Å². The van der Waals surface area contributed by atoms with Gasteiger partial charge in [-0.1, -0.05) is 11.6 Å². The number of aryl methyl sites for hydroxylation is 1. The number of rotatable bonds is 2. The first-order valence-electron chi connectivity index (χ1n) is 6.85. The number of imidazole rings is 1. The second-order valence-corrected chi connectivity index (χ2v) is 7.54. The van der Waals surface area contributed by atoms with Crippen LogP contribution in [0.15, 0.2) is 29.8 Å². The smallest absolute Gasteiger partial charge is 0.140 e. The van der Waals surface area contributed by atoms with Crippen molar-refractivity contribution in [2.75, 3.05) is 5.32 Å². The van der Waals surface area contributed by atoms with Gasteiger partial charge in [-0.25, -0.2) is 4.98 Å². The minimum absolute atomic E-state index is 0.0573. The van der Waals surface area contributed by atoms with E-state index in [9.17, 15) is 0 Å². The summed E-state index contributed by atoms with van der Waals surface area (Å²) in [5.41, 5.74) is 3.07. The SMILES string of the molecule is Cc1ccsc1-c1nc2ccc(Cl)cn2c1NC(C)(C)C. The number of hydrogen-bond acceptors (Lipinski definition) is 3. The van der Waals surface area contributed by atoms with Crippen molar-refractivity contribution in [3.05, 3.63) is 40.4 Å². The fraction of sp³-hybridized carbons (Fsp3) is 0.312. The lowest BCUT2D eigenvalue weighted by molar-refractivity contribution is 0.629. The Kier molecular flexibility index (Phi) is 3.46. The second kappa shape index (κ2) is 5.04. The summed E-state index contributed by atoms with van der Waals surface area (Å²) in [7, 11) is 0. The molecule has 0 atom stereocenters. The van der Waals surface area contributed by atoms with Crippen LogP contribution in [0.2, 0.25) is 5.02 Å². The van der Waals surface area contributed by atoms with E-state index in [0.717, 1.165) is 17.2 Å². The van der Waals surface area contributed by atoms with Gasteiger partial charge in [0.1, 0.15) is 17.2 Å². The van der Waals surface area contributed by atoms with Crippen LogP contribution in [0.4, 0.5) is 5.82 Å². The normalized spacial score (nSPS) is 12.0. The minimum atomic E-state index is -0.0573. The lowest BCUT2D eigenvalue weighted by atomic mass is 10.1. The van der Waals surface area contributed by atoms with Gasteiger partial charge < -0.3 is 5.32 Å². The molecule has 1 N–H and O–H groups in total. The van der Waals surface area contributed by atoms with E-state index in [2.05, 4.69) is 44.5 Å². The number of nitrogens with one attached hydrogen (secondary N) is 1. The van der Waals surface area contributed by atoms with Crippen LogP contribution in [0.1, 0.15) is 26.3 Å². The third kappa shape index (κ3) is 2.78. The molecule has 0 amide bonds. The number of anilines is 1. The van der Waals surface area contributed by atoms with Gasteiger partial charge in [0.15, 0.2) is 0 Å². The third-order valence-corrected chi connectivity index (χ3v) is 4.40. The van der Waals surface area contributed by atoms with Crippen molar-refractivity contribution in [2.24, 2.45) is 0 Å². The zero-order valence-corrected chi connectivity index (χ0v) is 14.1. The fourth-order valence-corrected chi connectivity index (χ4v) is 3.34. The number of thiophene rings is 1. The number of hydrogen-bond donors (Lipinski definition) is 1. The molecule has 0 bridgehead atoms. The molecular weight excluding hydrogens is 302 g/mol. The fourth-order valence-electron chi connectivity index (χ4n) is 2.27. The average Bonchev–Trinajstić information content (AvgIpc) is 2.92. The summed E-state index contributed by atoms with van der Waals surface area (Å²) in [5, 5.41) is 6.36. The Labute approximate surface area is 133 Å². The minimum Gasteiger partial charge on any atom is -0.365 e. The lowest BCUT2D eigenvalue weighted by Gasteiger charge is -2.22. The molecule has 3 nitrogen and oxygen atoms in total. The van der Waals surface area contributed by atoms with Gasteiger partial charge in [-0.3, -0.25) is 4.40 Å². The van der Waals surface area contributed by atoms with Gasteiger partial charge in [-0.05, 0) is 56.8 Å². The number of fused-ring (bicyclic) bond motifs is 1. The van der Waals surface area contributed by atoms with Crippen LogP contribution in [-0.2, 0) is 0 Å². The molecule has 0 spiro atoms. The van der Waals surface area contributed by atoms with Gasteiger partial charge in [0.25, 0.3) is 0 Å². The first-order valence-corrected chi connectivity index (χ1v) is 8.11. The van der Waals surface area contributed by atoms with Gasteiger partial charge in [0.05, 0.1) is 9.90 Å². The topological polar surface area (TPSA) is 29.3 Å². The van der Waals surface area contributed by atoms with E-state index in [1.165, 1.54) is 10.4 Å². The van der Waals surface area contributed by atoms with E-state index in [-0.39, 0.29) is 5.54 Å². The van der Waals surface area contributed by atoms with Crippen molar-refractivity contribution in [2.45, 2.75) is 33.2 Å². The lowest BCUT2D eigenvalue weighted by Crippen LogP contribution is -2.27. The standard InChI is InChI=1S/C16H18ClN3S/c1-10-7-8-21-14(10)13-15(19-16(2,3)4)20-9-11(17)5-6-12(20)18-13/h5-9,19H,1-4H3. The van der Waals surface area contributed by atoms with Crippen molar-refractivity contribution < 1.29 is 0 Å². The Balaban J connectivity index is 2.28. The van der Waals surface area contributed by atoms with Gasteiger partial charge in [0, 0.05) is 11.7 Å². The predicted octanol–water partition coefficient (Wildman–Crippen LogP) is 5.24. The van der Waals surface area contributed by atoms with Crippen LogP contribution in [0.3, 0.4) is 0 Å². The molecule has 3 aromatic heterocycles. The maximum atomic E-state index is 6.15. The van der Waals surface area contributed by atoms with Crippen molar-refractivity contribution >= 4 is 34.4 Å². The van der Waals surface area contributed by atoms with Crippen LogP contribution < -0.4 is 5.32 Å². The Bertz CT molecular complexity index is 796. The highest BCUT2D eigenvalue weighted by molar-refractivity contribution is 7.13. The van der Waals surface area contributed by atoms with Crippen molar-refractivity contribution in [3.8, 4) is 10.6 Å². The zero-order valence-electron chi connectivity index (χ0n) is 12.6. The number of pyridine rings is 1. The van der Waals surface area contributed by atoms with Gasteiger partial charge >= 0.3 is 0 Å². The van der Waals surface area contributed by atoms with E-state index >= 15 is 0 Å². The van der Waals surface area contributed by atoms with Gasteiger partial charge in [-0.2, -0.15) is 0 Å². The Morgan fingerprint density at radius 3 is 2.62 bits per heavy atom. The summed E-state index contributed by atoms with van der Waals surface area (Å²) in [6, 6.07) is 5.94. The molecule has 3 heterocycles. The summed E-state index contributed by atoms with van der Waals surface area (Å²) < 4.78 is 2.03. The molecule has 0 unspecified atom stereocenters. The summed E-state index contributed by atoms with van der Waals surface area (Å²) in [4.78, 5) is 5.99. The second-order valence-electron chi connectivity index (χ2n) is 6.19. The third-order valence-electron chi connectivity index (χ3n) is 3.15. The maximum absolute atomic E-state index is 6.15. The van der Waals surface area contributed by atoms with Crippen molar-refractivity contribution in [1.29, 1.82) is 0 Å². The van der Waals surface area contributed by atoms with Crippen LogP contribution in [0.25, 0.3) is 16.2 Å². The summed E-state index contributed by atoms with van der Waals surface area (Å²) in [6.45, 7) is 8.54. The van der Waals surface area contributed by atoms with E-state index in [0.29, 0.717) is 5.02 Å². The molecule has 3 aromatic rings. The molecule has 5 heteroatoms. The molecule has 0 aliphatic heterocycles. The molecule has 0 fully saturated rings. The van der Waals surface area contributed by atoms with E-state index in [4.69, 9.17) is 16.6 Å². The first-order chi connectivity index (χ1) is 9.85. The number of nitrogens with zero attached hydrogens (tertiary/aromatic N) is 2. The maximum Gasteiger partial charge on any atom is 0.140 e. The molecule has 0 aliphatic carbocycles. The summed E-state index contributed by atoms with van der Waals surface area (Å²) >= 11 is 7.87. The molecule has 0 saturated heterocycles. The monoisotopic (exact) mass is 319 g/mol. The van der Waals surface area contributed by atoms with E-state index in [1.807, 2.05) is 22.7 Å². The Morgan fingerprint density at radius 1 is 1.24 bits per heavy atom. The van der Waals surface area contributed by atoms with Crippen LogP contribution in [0.5, 0.6) is 0 Å². The largest absolute Gasteiger partial charge is 0.365 e. The summed E-state index contributed by atoms with van der Waals surface area (Å²) in [5.74, 6) is 0.991. The van der Waals surface area contributed by atoms with Gasteiger partial charge in [-0.15, -0.1) is 11.3 Å². The first kappa shape index (κ1) is 14.4. The predicted molar refractivity (Wildman–Crippen MR) is 91.6 cm³/mol. The van der Waals surface area contributed by atoms with Gasteiger partial charge in [0.2, 0.25) is 0 Å². The quantitative estimate of drug-likeness (QED) is 0.700. The van der Waals surface area contributed by atoms with Crippen molar-refractivity contribution in [1.82, 2.24) is 9.38 Å². The Morgan fingerprint density at radius 2 is 2.00 bits per heavy atom. The Hall–Kier alpha value is -1.52. The molecule has 110 valence electrons. The molecule has 0 aliphatic rings. The van der Waals surface area contributed by atoms with Crippen LogP contribution in [0, 0.1) is 6.92 Å². The number of halogens is 1. The highest BCUT2D eigenvalue weighted by Crippen LogP contribution is 2.36. The molecule has 0 radical (unpaired) electrons. The molecule has 0 saturated carbocycles. The molecular formula is C16H18ClN3S. The van der Waals surface area contributed by atoms with Crippen LogP contribution in [-0.4, -0.2) is 14.9 Å². The summed E-state index contributed by atoms with van der Waals surface area (Å²) in [6.07, 6.45) is 1.91. The van der Waals surface area contributed by atoms with E-state index < -0.39 is 0 Å². The molecule has 3 rings (SSSR count). The van der Waals surface area contributed by atoms with Crippen molar-refractivity contribution in [3.63, 3.8) is 0 Å². The highest BCUT2D eigenvalue weighted by Gasteiger charge is 2.21. The molecule has 0 aromatic carbocycles. The number of aromatic nitrogens is 2. The molecule has 21 heavy (non-hydrogen) atoms. The zero-order chi connectivity index (χ0) is 15.2. The highest BCUT2D eigenvalue weighted by atomic mass is 35.5.